The Morgan fingerprint density at radius 1 is 1.15 bits per heavy atom. The fraction of sp³-hybridized carbons (Fsp3) is 0.308. The molecule has 3 aromatic rings. The molecule has 0 spiro atoms. The van der Waals surface area contributed by atoms with Crippen LogP contribution in [0.3, 0.4) is 0 Å². The van der Waals surface area contributed by atoms with Gasteiger partial charge in [-0.3, -0.25) is 0 Å². The number of anilines is 1. The van der Waals surface area contributed by atoms with Crippen molar-refractivity contribution in [3.63, 3.8) is 0 Å². The lowest BCUT2D eigenvalue weighted by molar-refractivity contribution is 0.00490. The van der Waals surface area contributed by atoms with Gasteiger partial charge < -0.3 is 14.1 Å². The van der Waals surface area contributed by atoms with Crippen LogP contribution in [0, 0.1) is 11.3 Å². The van der Waals surface area contributed by atoms with E-state index < -0.39 is 15.0 Å². The molecule has 0 amide bonds. The Morgan fingerprint density at radius 3 is 2.30 bits per heavy atom. The summed E-state index contributed by atoms with van der Waals surface area (Å²) in [5.74, 6) is -0.0916. The van der Waals surface area contributed by atoms with Gasteiger partial charge in [-0.05, 0) is 15.8 Å². The van der Waals surface area contributed by atoms with E-state index in [0.717, 1.165) is 11.7 Å². The summed E-state index contributed by atoms with van der Waals surface area (Å²) >= 11 is 1.45. The van der Waals surface area contributed by atoms with Crippen LogP contribution < -0.4 is 15.3 Å². The fourth-order valence-corrected chi connectivity index (χ4v) is 6.78. The Morgan fingerprint density at radius 2 is 1.76 bits per heavy atom. The lowest BCUT2D eigenvalue weighted by Gasteiger charge is -2.53. The molecule has 171 valence electrons. The predicted octanol–water partition coefficient (Wildman–Crippen LogP) is 4.12. The van der Waals surface area contributed by atoms with Crippen LogP contribution in [0.25, 0.3) is 0 Å². The van der Waals surface area contributed by atoms with Crippen molar-refractivity contribution < 1.29 is 14.0 Å². The molecule has 1 aromatic heterocycles. The zero-order valence-corrected chi connectivity index (χ0v) is 21.0. The minimum Gasteiger partial charge on any atom is -0.457 e. The van der Waals surface area contributed by atoms with Crippen molar-refractivity contribution in [2.24, 2.45) is 11.3 Å². The topological polar surface area (TPSA) is 51.7 Å². The van der Waals surface area contributed by atoms with E-state index in [4.69, 9.17) is 9.16 Å². The van der Waals surface area contributed by atoms with Crippen LogP contribution in [0.15, 0.2) is 78.7 Å². The molecular formula is C26H29N2O3SSi. The SMILES string of the molecule is C=CCOC(=O)c1csc(N2CC(C(C)(C)C)C2O[Si](c2ccccc2)c2ccccc2)n1. The van der Waals surface area contributed by atoms with Crippen molar-refractivity contribution in [3.8, 4) is 0 Å². The van der Waals surface area contributed by atoms with E-state index in [1.807, 2.05) is 12.1 Å². The normalized spacial score (nSPS) is 18.1. The van der Waals surface area contributed by atoms with Gasteiger partial charge in [-0.15, -0.1) is 11.3 Å². The van der Waals surface area contributed by atoms with Gasteiger partial charge in [-0.1, -0.05) is 94.1 Å². The van der Waals surface area contributed by atoms with E-state index in [-0.39, 0.29) is 18.2 Å². The van der Waals surface area contributed by atoms with E-state index in [0.29, 0.717) is 11.6 Å². The first-order valence-electron chi connectivity index (χ1n) is 11.0. The molecule has 0 bridgehead atoms. The largest absolute Gasteiger partial charge is 0.457 e. The summed E-state index contributed by atoms with van der Waals surface area (Å²) in [4.78, 5) is 19.0. The van der Waals surface area contributed by atoms with Crippen molar-refractivity contribution in [3.05, 3.63) is 84.4 Å². The Bertz CT molecular complexity index is 1040. The smallest absolute Gasteiger partial charge is 0.358 e. The molecule has 5 nitrogen and oxygen atoms in total. The lowest BCUT2D eigenvalue weighted by Crippen LogP contribution is -2.65. The number of nitrogens with zero attached hydrogens (tertiary/aromatic N) is 2. The molecule has 1 saturated heterocycles. The molecule has 1 radical (unpaired) electrons. The molecule has 2 unspecified atom stereocenters. The monoisotopic (exact) mass is 477 g/mol. The van der Waals surface area contributed by atoms with E-state index in [9.17, 15) is 4.79 Å². The average molecular weight is 478 g/mol. The highest BCUT2D eigenvalue weighted by Gasteiger charge is 2.48. The molecule has 2 atom stereocenters. The number of ether oxygens (including phenoxy) is 1. The first-order chi connectivity index (χ1) is 15.9. The van der Waals surface area contributed by atoms with Gasteiger partial charge in [-0.25, -0.2) is 9.78 Å². The van der Waals surface area contributed by atoms with Crippen LogP contribution in [0.1, 0.15) is 31.3 Å². The third-order valence-electron chi connectivity index (χ3n) is 5.75. The molecule has 1 aliphatic rings. The van der Waals surface area contributed by atoms with Crippen LogP contribution >= 0.6 is 11.3 Å². The molecule has 0 N–H and O–H groups in total. The summed E-state index contributed by atoms with van der Waals surface area (Å²) in [6, 6.07) is 20.9. The second-order valence-electron chi connectivity index (χ2n) is 9.10. The average Bonchev–Trinajstić information content (AvgIpc) is 3.27. The van der Waals surface area contributed by atoms with Crippen molar-refractivity contribution >= 4 is 41.9 Å². The number of rotatable bonds is 8. The number of hydrogen-bond donors (Lipinski definition) is 0. The molecule has 2 aromatic carbocycles. The zero-order valence-electron chi connectivity index (χ0n) is 19.2. The highest BCUT2D eigenvalue weighted by Crippen LogP contribution is 2.43. The molecule has 2 heterocycles. The maximum absolute atomic E-state index is 12.2. The van der Waals surface area contributed by atoms with E-state index >= 15 is 0 Å². The Labute approximate surface area is 201 Å². The number of hydrogen-bond acceptors (Lipinski definition) is 6. The van der Waals surface area contributed by atoms with Gasteiger partial charge in [0.15, 0.2) is 10.8 Å². The molecule has 1 aliphatic heterocycles. The molecule has 33 heavy (non-hydrogen) atoms. The molecule has 7 heteroatoms. The van der Waals surface area contributed by atoms with Crippen LogP contribution in [-0.4, -0.2) is 39.4 Å². The van der Waals surface area contributed by atoms with Gasteiger partial charge in [-0.2, -0.15) is 0 Å². The van der Waals surface area contributed by atoms with Crippen LogP contribution in [-0.2, 0) is 9.16 Å². The van der Waals surface area contributed by atoms with E-state index in [2.05, 4.69) is 85.8 Å². The molecule has 0 saturated carbocycles. The van der Waals surface area contributed by atoms with Crippen LogP contribution in [0.2, 0.25) is 0 Å². The van der Waals surface area contributed by atoms with Crippen molar-refractivity contribution in [1.82, 2.24) is 4.98 Å². The fourth-order valence-electron chi connectivity index (χ4n) is 3.82. The number of benzene rings is 2. The second-order valence-corrected chi connectivity index (χ2v) is 12.0. The standard InChI is InChI=1S/C26H29N2O3SSi/c1-5-16-30-24(29)22-18-32-25(27-22)28-17-21(26(2,3)4)23(28)31-33(19-12-8-6-9-13-19)20-14-10-7-11-15-20/h5-15,18,21,23H,1,16-17H2,2-4H3. The summed E-state index contributed by atoms with van der Waals surface area (Å²) in [6.45, 7) is 11.4. The van der Waals surface area contributed by atoms with Gasteiger partial charge in [0.2, 0.25) is 0 Å². The van der Waals surface area contributed by atoms with Crippen LogP contribution in [0.4, 0.5) is 5.13 Å². The number of esters is 1. The van der Waals surface area contributed by atoms with Crippen molar-refractivity contribution in [1.29, 1.82) is 0 Å². The quantitative estimate of drug-likeness (QED) is 0.278. The highest BCUT2D eigenvalue weighted by molar-refractivity contribution is 7.14. The minimum atomic E-state index is -1.48. The minimum absolute atomic E-state index is 0.0739. The summed E-state index contributed by atoms with van der Waals surface area (Å²) in [5, 5.41) is 4.96. The number of carbonyl (C=O) groups excluding carboxylic acids is 1. The van der Waals surface area contributed by atoms with E-state index in [1.165, 1.54) is 21.7 Å². The van der Waals surface area contributed by atoms with E-state index in [1.54, 1.807) is 11.5 Å². The molecule has 4 rings (SSSR count). The van der Waals surface area contributed by atoms with Crippen molar-refractivity contribution in [2.75, 3.05) is 18.1 Å². The Balaban J connectivity index is 1.62. The van der Waals surface area contributed by atoms with Crippen molar-refractivity contribution in [2.45, 2.75) is 27.0 Å². The molecular weight excluding hydrogens is 448 g/mol. The Kier molecular flexibility index (Phi) is 7.12. The summed E-state index contributed by atoms with van der Waals surface area (Å²) in [5.41, 5.74) is 0.399. The number of thiazole rings is 1. The van der Waals surface area contributed by atoms with Gasteiger partial charge in [0.05, 0.1) is 0 Å². The highest BCUT2D eigenvalue weighted by atomic mass is 32.1. The summed E-state index contributed by atoms with van der Waals surface area (Å²) < 4.78 is 12.1. The van der Waals surface area contributed by atoms with Gasteiger partial charge >= 0.3 is 5.97 Å². The zero-order chi connectivity index (χ0) is 23.4. The maximum Gasteiger partial charge on any atom is 0.358 e. The number of aromatic nitrogens is 1. The van der Waals surface area contributed by atoms with Gasteiger partial charge in [0, 0.05) is 17.8 Å². The summed E-state index contributed by atoms with van der Waals surface area (Å²) in [7, 11) is -1.48. The molecule has 1 fully saturated rings. The second kappa shape index (κ2) is 10.0. The third-order valence-corrected chi connectivity index (χ3v) is 8.82. The van der Waals surface area contributed by atoms with Gasteiger partial charge in [0.1, 0.15) is 12.8 Å². The first-order valence-corrected chi connectivity index (χ1v) is 13.3. The van der Waals surface area contributed by atoms with Gasteiger partial charge in [0.25, 0.3) is 9.04 Å². The first kappa shape index (κ1) is 23.4. The third kappa shape index (κ3) is 5.26. The summed E-state index contributed by atoms with van der Waals surface area (Å²) in [6.07, 6.45) is 1.43. The lowest BCUT2D eigenvalue weighted by atomic mass is 9.74. The van der Waals surface area contributed by atoms with Crippen LogP contribution in [0.5, 0.6) is 0 Å². The maximum atomic E-state index is 12.2. The number of carbonyl (C=O) groups is 1. The molecule has 0 aliphatic carbocycles. The Hall–Kier alpha value is -2.74. The predicted molar refractivity (Wildman–Crippen MR) is 136 cm³/mol.